The third-order valence-corrected chi connectivity index (χ3v) is 6.10. The minimum Gasteiger partial charge on any atom is -0.371 e. The van der Waals surface area contributed by atoms with E-state index in [1.54, 1.807) is 12.1 Å². The number of rotatable bonds is 4. The third kappa shape index (κ3) is 4.27. The molecule has 0 aliphatic carbocycles. The first-order valence-corrected chi connectivity index (χ1v) is 10.8. The fourth-order valence-corrected chi connectivity index (χ4v) is 4.43. The fourth-order valence-electron chi connectivity index (χ4n) is 4.21. The van der Waals surface area contributed by atoms with Crippen molar-refractivity contribution in [3.05, 3.63) is 53.1 Å². The number of nitrogens with zero attached hydrogens (tertiary/aromatic N) is 2. The molecule has 5 heteroatoms. The summed E-state index contributed by atoms with van der Waals surface area (Å²) in [5.41, 5.74) is 3.76. The Balaban J connectivity index is 1.63. The Morgan fingerprint density at radius 2 is 1.46 bits per heavy atom. The third-order valence-electron chi connectivity index (χ3n) is 5.77. The van der Waals surface area contributed by atoms with Crippen molar-refractivity contribution in [1.29, 1.82) is 0 Å². The van der Waals surface area contributed by atoms with Crippen LogP contribution in [-0.4, -0.2) is 32.1 Å². The highest BCUT2D eigenvalue weighted by Gasteiger charge is 2.20. The van der Waals surface area contributed by atoms with E-state index in [0.717, 1.165) is 37.6 Å². The Labute approximate surface area is 172 Å². The van der Waals surface area contributed by atoms with Gasteiger partial charge in [0.25, 0.3) is 5.91 Å². The topological polar surface area (TPSA) is 35.6 Å². The van der Waals surface area contributed by atoms with Crippen LogP contribution in [0.3, 0.4) is 0 Å². The molecule has 2 saturated heterocycles. The number of halogens is 1. The zero-order valence-corrected chi connectivity index (χ0v) is 17.0. The van der Waals surface area contributed by atoms with Gasteiger partial charge in [-0.3, -0.25) is 4.79 Å². The number of hydrogen-bond acceptors (Lipinski definition) is 3. The Morgan fingerprint density at radius 1 is 0.821 bits per heavy atom. The van der Waals surface area contributed by atoms with Gasteiger partial charge in [0.05, 0.1) is 22.0 Å². The van der Waals surface area contributed by atoms with Crippen LogP contribution in [-0.2, 0) is 0 Å². The summed E-state index contributed by atoms with van der Waals surface area (Å²) >= 11 is 6.22. The normalized spacial score (nSPS) is 17.5. The van der Waals surface area contributed by atoms with Gasteiger partial charge in [-0.25, -0.2) is 0 Å². The molecule has 2 aliphatic rings. The summed E-state index contributed by atoms with van der Waals surface area (Å²) in [6.45, 7) is 4.31. The summed E-state index contributed by atoms with van der Waals surface area (Å²) in [4.78, 5) is 17.7. The lowest BCUT2D eigenvalue weighted by molar-refractivity contribution is 0.102. The van der Waals surface area contributed by atoms with Gasteiger partial charge < -0.3 is 15.1 Å². The Kier molecular flexibility index (Phi) is 6.06. The highest BCUT2D eigenvalue weighted by molar-refractivity contribution is 6.34. The molecule has 4 rings (SSSR count). The van der Waals surface area contributed by atoms with Gasteiger partial charge in [0.1, 0.15) is 0 Å². The lowest BCUT2D eigenvalue weighted by Gasteiger charge is -2.33. The van der Waals surface area contributed by atoms with Crippen LogP contribution in [0, 0.1) is 0 Å². The van der Waals surface area contributed by atoms with Crippen molar-refractivity contribution in [2.24, 2.45) is 0 Å². The number of anilines is 3. The largest absolute Gasteiger partial charge is 0.371 e. The van der Waals surface area contributed by atoms with E-state index in [-0.39, 0.29) is 5.91 Å². The van der Waals surface area contributed by atoms with Crippen LogP contribution in [0.1, 0.15) is 48.9 Å². The molecule has 0 saturated carbocycles. The number of carbonyl (C=O) groups excluding carboxylic acids is 1. The minimum absolute atomic E-state index is 0.158. The Bertz CT molecular complexity index is 826. The van der Waals surface area contributed by atoms with Crippen LogP contribution in [0.2, 0.25) is 5.02 Å². The van der Waals surface area contributed by atoms with Crippen molar-refractivity contribution in [1.82, 2.24) is 0 Å². The lowest BCUT2D eigenvalue weighted by atomic mass is 10.1. The van der Waals surface area contributed by atoms with E-state index in [1.165, 1.54) is 44.2 Å². The number of hydrogen-bond donors (Lipinski definition) is 1. The van der Waals surface area contributed by atoms with Crippen LogP contribution in [0.25, 0.3) is 0 Å². The second kappa shape index (κ2) is 8.87. The molecule has 4 nitrogen and oxygen atoms in total. The predicted molar refractivity (Wildman–Crippen MR) is 118 cm³/mol. The molecule has 148 valence electrons. The minimum atomic E-state index is -0.158. The lowest BCUT2D eigenvalue weighted by Crippen LogP contribution is -2.32. The van der Waals surface area contributed by atoms with Gasteiger partial charge in [-0.1, -0.05) is 23.7 Å². The molecule has 2 heterocycles. The number of nitrogens with one attached hydrogen (secondary N) is 1. The van der Waals surface area contributed by atoms with Crippen LogP contribution >= 0.6 is 11.6 Å². The monoisotopic (exact) mass is 397 g/mol. The first-order chi connectivity index (χ1) is 13.7. The van der Waals surface area contributed by atoms with Gasteiger partial charge in [-0.05, 0) is 68.9 Å². The van der Waals surface area contributed by atoms with Crippen molar-refractivity contribution < 1.29 is 4.79 Å². The van der Waals surface area contributed by atoms with E-state index in [4.69, 9.17) is 11.6 Å². The molecule has 0 bridgehead atoms. The molecule has 0 aromatic heterocycles. The summed E-state index contributed by atoms with van der Waals surface area (Å²) in [6.07, 6.45) is 7.51. The number of piperidine rings is 2. The highest BCUT2D eigenvalue weighted by atomic mass is 35.5. The zero-order valence-electron chi connectivity index (χ0n) is 16.3. The van der Waals surface area contributed by atoms with E-state index in [0.29, 0.717) is 10.6 Å². The quantitative estimate of drug-likeness (QED) is 0.732. The zero-order chi connectivity index (χ0) is 19.3. The van der Waals surface area contributed by atoms with Crippen molar-refractivity contribution in [2.75, 3.05) is 41.3 Å². The molecule has 2 aromatic rings. The van der Waals surface area contributed by atoms with E-state index in [2.05, 4.69) is 33.3 Å². The molecule has 2 fully saturated rings. The van der Waals surface area contributed by atoms with Gasteiger partial charge in [-0.15, -0.1) is 0 Å². The molecule has 1 N–H and O–H groups in total. The van der Waals surface area contributed by atoms with Crippen molar-refractivity contribution in [3.8, 4) is 0 Å². The van der Waals surface area contributed by atoms with Crippen molar-refractivity contribution >= 4 is 34.6 Å². The number of benzene rings is 2. The molecular weight excluding hydrogens is 370 g/mol. The standard InChI is InChI=1S/C23H28ClN3O/c24-20-10-4-3-9-19(20)23(28)25-21-12-11-18(26-13-5-1-6-14-26)17-22(21)27-15-7-2-8-16-27/h3-4,9-12,17H,1-2,5-8,13-16H2,(H,25,28). The van der Waals surface area contributed by atoms with Crippen LogP contribution in [0.15, 0.2) is 42.5 Å². The Hall–Kier alpha value is -2.20. The SMILES string of the molecule is O=C(Nc1ccc(N2CCCCC2)cc1N1CCCCC1)c1ccccc1Cl. The summed E-state index contributed by atoms with van der Waals surface area (Å²) in [5, 5.41) is 3.59. The molecule has 2 aliphatic heterocycles. The van der Waals surface area contributed by atoms with Crippen molar-refractivity contribution in [2.45, 2.75) is 38.5 Å². The molecule has 28 heavy (non-hydrogen) atoms. The average Bonchev–Trinajstić information content (AvgIpc) is 2.75. The van der Waals surface area contributed by atoms with Gasteiger partial charge >= 0.3 is 0 Å². The fraction of sp³-hybridized carbons (Fsp3) is 0.435. The molecule has 0 spiro atoms. The van der Waals surface area contributed by atoms with Gasteiger partial charge in [0, 0.05) is 31.9 Å². The maximum atomic E-state index is 12.8. The van der Waals surface area contributed by atoms with Crippen LogP contribution in [0.4, 0.5) is 17.1 Å². The maximum absolute atomic E-state index is 12.8. The molecule has 2 aromatic carbocycles. The van der Waals surface area contributed by atoms with Crippen LogP contribution < -0.4 is 15.1 Å². The molecule has 0 radical (unpaired) electrons. The first-order valence-electron chi connectivity index (χ1n) is 10.4. The van der Waals surface area contributed by atoms with Crippen molar-refractivity contribution in [3.63, 3.8) is 0 Å². The summed E-state index contributed by atoms with van der Waals surface area (Å²) in [6, 6.07) is 13.7. The molecular formula is C23H28ClN3O. The highest BCUT2D eigenvalue weighted by Crippen LogP contribution is 2.34. The predicted octanol–water partition coefficient (Wildman–Crippen LogP) is 5.57. The number of amides is 1. The van der Waals surface area contributed by atoms with E-state index >= 15 is 0 Å². The second-order valence-corrected chi connectivity index (χ2v) is 8.14. The first kappa shape index (κ1) is 19.1. The Morgan fingerprint density at radius 3 is 2.14 bits per heavy atom. The smallest absolute Gasteiger partial charge is 0.257 e. The van der Waals surface area contributed by atoms with Gasteiger partial charge in [-0.2, -0.15) is 0 Å². The van der Waals surface area contributed by atoms with E-state index in [9.17, 15) is 4.79 Å². The molecule has 1 amide bonds. The summed E-state index contributed by atoms with van der Waals surface area (Å²) in [5.74, 6) is -0.158. The summed E-state index contributed by atoms with van der Waals surface area (Å²) in [7, 11) is 0. The van der Waals surface area contributed by atoms with E-state index < -0.39 is 0 Å². The maximum Gasteiger partial charge on any atom is 0.257 e. The van der Waals surface area contributed by atoms with Gasteiger partial charge in [0.15, 0.2) is 0 Å². The van der Waals surface area contributed by atoms with Gasteiger partial charge in [0.2, 0.25) is 0 Å². The average molecular weight is 398 g/mol. The van der Waals surface area contributed by atoms with Crippen LogP contribution in [0.5, 0.6) is 0 Å². The second-order valence-electron chi connectivity index (χ2n) is 7.73. The molecule has 0 atom stereocenters. The van der Waals surface area contributed by atoms with E-state index in [1.807, 2.05) is 12.1 Å². The molecule has 0 unspecified atom stereocenters. The number of carbonyl (C=O) groups is 1. The summed E-state index contributed by atoms with van der Waals surface area (Å²) < 4.78 is 0.